The smallest absolute Gasteiger partial charge is 0.323 e. The molecule has 0 fully saturated rings. The first-order valence-corrected chi connectivity index (χ1v) is 6.50. The van der Waals surface area contributed by atoms with Gasteiger partial charge in [-0.05, 0) is 13.8 Å². The molecule has 2 unspecified atom stereocenters. The predicted molar refractivity (Wildman–Crippen MR) is 69.7 cm³/mol. The van der Waals surface area contributed by atoms with Crippen molar-refractivity contribution in [1.82, 2.24) is 5.32 Å². The Morgan fingerprint density at radius 2 is 2.24 bits per heavy atom. The van der Waals surface area contributed by atoms with Crippen molar-refractivity contribution >= 4 is 23.6 Å². The van der Waals surface area contributed by atoms with E-state index in [0.717, 1.165) is 0 Å². The van der Waals surface area contributed by atoms with Crippen LogP contribution in [0.5, 0.6) is 0 Å². The number of nitrogens with one attached hydrogen (secondary N) is 1. The van der Waals surface area contributed by atoms with E-state index in [4.69, 9.17) is 10.5 Å². The lowest BCUT2D eigenvalue weighted by Crippen LogP contribution is -2.37. The van der Waals surface area contributed by atoms with Crippen molar-refractivity contribution in [2.45, 2.75) is 25.1 Å². The standard InChI is InChI=1S/C11H20N2O3S/c1-4-6-13-10(14)8(3)17-7-9(12)11(15)16-5-2/h4,8-9H,1,5-7,12H2,2-3H3,(H,13,14). The minimum atomic E-state index is -0.686. The molecule has 0 bridgehead atoms. The van der Waals surface area contributed by atoms with Gasteiger partial charge in [0.2, 0.25) is 5.91 Å². The second-order valence-corrected chi connectivity index (χ2v) is 4.74. The minimum Gasteiger partial charge on any atom is -0.465 e. The zero-order valence-electron chi connectivity index (χ0n) is 10.3. The second-order valence-electron chi connectivity index (χ2n) is 3.37. The summed E-state index contributed by atoms with van der Waals surface area (Å²) in [6, 6.07) is -0.686. The van der Waals surface area contributed by atoms with E-state index in [1.54, 1.807) is 19.9 Å². The third-order valence-electron chi connectivity index (χ3n) is 1.90. The molecule has 0 aromatic heterocycles. The molecule has 5 nitrogen and oxygen atoms in total. The van der Waals surface area contributed by atoms with E-state index in [1.165, 1.54) is 11.8 Å². The summed E-state index contributed by atoms with van der Waals surface area (Å²) in [5.74, 6) is -0.161. The number of ether oxygens (including phenoxy) is 1. The summed E-state index contributed by atoms with van der Waals surface area (Å²) in [5.41, 5.74) is 5.61. The SMILES string of the molecule is C=CCNC(=O)C(C)SCC(N)C(=O)OCC. The Morgan fingerprint density at radius 1 is 1.59 bits per heavy atom. The summed E-state index contributed by atoms with van der Waals surface area (Å²) in [4.78, 5) is 22.7. The number of hydrogen-bond acceptors (Lipinski definition) is 5. The predicted octanol–water partition coefficient (Wildman–Crippen LogP) is 0.301. The van der Waals surface area contributed by atoms with Gasteiger partial charge in [0.15, 0.2) is 0 Å². The molecule has 0 saturated heterocycles. The summed E-state index contributed by atoms with van der Waals surface area (Å²) in [6.07, 6.45) is 1.61. The third kappa shape index (κ3) is 7.01. The van der Waals surface area contributed by atoms with Crippen molar-refractivity contribution in [1.29, 1.82) is 0 Å². The second kappa shape index (κ2) is 9.07. The van der Waals surface area contributed by atoms with Crippen molar-refractivity contribution in [2.75, 3.05) is 18.9 Å². The van der Waals surface area contributed by atoms with Crippen molar-refractivity contribution in [2.24, 2.45) is 5.73 Å². The first kappa shape index (κ1) is 16.0. The number of nitrogens with two attached hydrogens (primary N) is 1. The van der Waals surface area contributed by atoms with Gasteiger partial charge >= 0.3 is 5.97 Å². The summed E-state index contributed by atoms with van der Waals surface area (Å²) in [5, 5.41) is 2.42. The van der Waals surface area contributed by atoms with Crippen molar-refractivity contribution in [3.63, 3.8) is 0 Å². The normalized spacial score (nSPS) is 13.6. The molecule has 0 saturated carbocycles. The average molecular weight is 260 g/mol. The zero-order chi connectivity index (χ0) is 13.3. The van der Waals surface area contributed by atoms with Crippen molar-refractivity contribution in [3.05, 3.63) is 12.7 Å². The molecule has 0 aliphatic carbocycles. The van der Waals surface area contributed by atoms with Gasteiger partial charge in [-0.15, -0.1) is 18.3 Å². The topological polar surface area (TPSA) is 81.4 Å². The monoisotopic (exact) mass is 260 g/mol. The fourth-order valence-corrected chi connectivity index (χ4v) is 1.82. The lowest BCUT2D eigenvalue weighted by atomic mass is 10.4. The summed E-state index contributed by atoms with van der Waals surface area (Å²) in [7, 11) is 0. The molecular formula is C11H20N2O3S. The van der Waals surface area contributed by atoms with E-state index in [0.29, 0.717) is 18.9 Å². The average Bonchev–Trinajstić information content (AvgIpc) is 2.32. The van der Waals surface area contributed by atoms with Gasteiger partial charge in [-0.3, -0.25) is 9.59 Å². The van der Waals surface area contributed by atoms with Crippen LogP contribution in [0.4, 0.5) is 0 Å². The first-order valence-electron chi connectivity index (χ1n) is 5.45. The number of rotatable bonds is 8. The molecule has 0 aromatic carbocycles. The van der Waals surface area contributed by atoms with Crippen LogP contribution in [0.25, 0.3) is 0 Å². The molecule has 0 aromatic rings. The Hall–Kier alpha value is -1.01. The quantitative estimate of drug-likeness (QED) is 0.484. The molecule has 0 radical (unpaired) electrons. The number of carbonyl (C=O) groups is 2. The van der Waals surface area contributed by atoms with Crippen molar-refractivity contribution < 1.29 is 14.3 Å². The number of thioether (sulfide) groups is 1. The van der Waals surface area contributed by atoms with E-state index < -0.39 is 12.0 Å². The Bertz CT molecular complexity index is 271. The van der Waals surface area contributed by atoms with Crippen LogP contribution in [0.3, 0.4) is 0 Å². The summed E-state index contributed by atoms with van der Waals surface area (Å²) >= 11 is 1.33. The maximum Gasteiger partial charge on any atom is 0.323 e. The fraction of sp³-hybridized carbons (Fsp3) is 0.636. The Labute approximate surface area is 106 Å². The van der Waals surface area contributed by atoms with Crippen LogP contribution in [0.1, 0.15) is 13.8 Å². The van der Waals surface area contributed by atoms with Gasteiger partial charge in [-0.1, -0.05) is 6.08 Å². The first-order chi connectivity index (χ1) is 8.02. The number of carbonyl (C=O) groups excluding carboxylic acids is 2. The van der Waals surface area contributed by atoms with Crippen LogP contribution in [0.15, 0.2) is 12.7 Å². The van der Waals surface area contributed by atoms with Crippen LogP contribution in [-0.4, -0.2) is 42.1 Å². The van der Waals surface area contributed by atoms with Gasteiger partial charge in [0, 0.05) is 12.3 Å². The molecule has 0 heterocycles. The van der Waals surface area contributed by atoms with Crippen LogP contribution in [-0.2, 0) is 14.3 Å². The molecule has 3 N–H and O–H groups in total. The third-order valence-corrected chi connectivity index (χ3v) is 3.17. The molecule has 1 amide bonds. The van der Waals surface area contributed by atoms with Gasteiger partial charge < -0.3 is 15.8 Å². The lowest BCUT2D eigenvalue weighted by Gasteiger charge is -2.14. The van der Waals surface area contributed by atoms with Crippen LogP contribution in [0.2, 0.25) is 0 Å². The summed E-state index contributed by atoms with van der Waals surface area (Å²) < 4.78 is 4.77. The molecule has 6 heteroatoms. The van der Waals surface area contributed by atoms with Gasteiger partial charge in [0.05, 0.1) is 11.9 Å². The highest BCUT2D eigenvalue weighted by atomic mass is 32.2. The number of amides is 1. The van der Waals surface area contributed by atoms with Crippen molar-refractivity contribution in [3.8, 4) is 0 Å². The van der Waals surface area contributed by atoms with Crippen LogP contribution >= 0.6 is 11.8 Å². The van der Waals surface area contributed by atoms with E-state index in [-0.39, 0.29) is 11.2 Å². The van der Waals surface area contributed by atoms with Gasteiger partial charge in [-0.2, -0.15) is 0 Å². The zero-order valence-corrected chi connectivity index (χ0v) is 11.1. The van der Waals surface area contributed by atoms with Gasteiger partial charge in [-0.25, -0.2) is 0 Å². The molecule has 0 aliphatic heterocycles. The van der Waals surface area contributed by atoms with Crippen LogP contribution < -0.4 is 11.1 Å². The number of hydrogen-bond donors (Lipinski definition) is 2. The maximum absolute atomic E-state index is 11.5. The fourth-order valence-electron chi connectivity index (χ4n) is 0.958. The maximum atomic E-state index is 11.5. The number of esters is 1. The molecule has 98 valence electrons. The molecular weight excluding hydrogens is 240 g/mol. The van der Waals surface area contributed by atoms with E-state index in [1.807, 2.05) is 0 Å². The highest BCUT2D eigenvalue weighted by Gasteiger charge is 2.19. The highest BCUT2D eigenvalue weighted by Crippen LogP contribution is 2.11. The van der Waals surface area contributed by atoms with Gasteiger partial charge in [0.25, 0.3) is 0 Å². The molecule has 0 spiro atoms. The Kier molecular flexibility index (Phi) is 8.53. The largest absolute Gasteiger partial charge is 0.465 e. The van der Waals surface area contributed by atoms with Crippen LogP contribution in [0, 0.1) is 0 Å². The molecule has 2 atom stereocenters. The Balaban J connectivity index is 3.89. The molecule has 17 heavy (non-hydrogen) atoms. The summed E-state index contributed by atoms with van der Waals surface area (Å²) in [6.45, 7) is 7.75. The lowest BCUT2D eigenvalue weighted by molar-refractivity contribution is -0.144. The van der Waals surface area contributed by atoms with Gasteiger partial charge in [0.1, 0.15) is 6.04 Å². The van der Waals surface area contributed by atoms with E-state index >= 15 is 0 Å². The highest BCUT2D eigenvalue weighted by molar-refractivity contribution is 8.00. The minimum absolute atomic E-state index is 0.0917. The Morgan fingerprint density at radius 3 is 2.76 bits per heavy atom. The molecule has 0 aliphatic rings. The van der Waals surface area contributed by atoms with E-state index in [2.05, 4.69) is 11.9 Å². The molecule has 0 rings (SSSR count). The van der Waals surface area contributed by atoms with E-state index in [9.17, 15) is 9.59 Å².